The summed E-state index contributed by atoms with van der Waals surface area (Å²) in [5.41, 5.74) is 1.73. The molecule has 2 fully saturated rings. The lowest BCUT2D eigenvalue weighted by Gasteiger charge is -2.29. The number of rotatable bonds is 3. The molecule has 1 aromatic heterocycles. The number of halogens is 1. The zero-order valence-electron chi connectivity index (χ0n) is 13.6. The Morgan fingerprint density at radius 1 is 1.22 bits per heavy atom. The topological polar surface area (TPSA) is 34.0 Å². The smallest absolute Gasteiger partial charge is 0.137 e. The third-order valence-electron chi connectivity index (χ3n) is 5.70. The van der Waals surface area contributed by atoms with Crippen molar-refractivity contribution < 1.29 is 0 Å². The third kappa shape index (κ3) is 2.79. The molecule has 4 nitrogen and oxygen atoms in total. The Bertz CT molecular complexity index is 673. The fourth-order valence-electron chi connectivity index (χ4n) is 4.59. The molecular weight excluding hydrogens is 308 g/mol. The van der Waals surface area contributed by atoms with E-state index in [9.17, 15) is 0 Å². The molecule has 5 heteroatoms. The highest BCUT2D eigenvalue weighted by Gasteiger charge is 2.50. The molecule has 0 radical (unpaired) electrons. The SMILES string of the molecule is Cn1cnnc1C1CN(Cc2ccc(Cl)cc2)CC12CCCC2. The third-order valence-corrected chi connectivity index (χ3v) is 5.95. The first-order valence-corrected chi connectivity index (χ1v) is 8.85. The molecule has 1 spiro atoms. The van der Waals surface area contributed by atoms with E-state index in [1.165, 1.54) is 37.8 Å². The van der Waals surface area contributed by atoms with Crippen LogP contribution in [0.3, 0.4) is 0 Å². The minimum absolute atomic E-state index is 0.396. The van der Waals surface area contributed by atoms with Gasteiger partial charge in [-0.25, -0.2) is 0 Å². The second-order valence-electron chi connectivity index (χ2n) is 7.22. The van der Waals surface area contributed by atoms with Crippen molar-refractivity contribution in [1.82, 2.24) is 19.7 Å². The van der Waals surface area contributed by atoms with E-state index >= 15 is 0 Å². The van der Waals surface area contributed by atoms with Crippen LogP contribution in [0.15, 0.2) is 30.6 Å². The molecular formula is C18H23ClN4. The maximum Gasteiger partial charge on any atom is 0.137 e. The van der Waals surface area contributed by atoms with Crippen LogP contribution in [-0.2, 0) is 13.6 Å². The fraction of sp³-hybridized carbons (Fsp3) is 0.556. The van der Waals surface area contributed by atoms with Gasteiger partial charge in [-0.15, -0.1) is 10.2 Å². The largest absolute Gasteiger partial charge is 0.320 e. The number of hydrogen-bond acceptors (Lipinski definition) is 3. The van der Waals surface area contributed by atoms with Crippen molar-refractivity contribution in [1.29, 1.82) is 0 Å². The number of hydrogen-bond donors (Lipinski definition) is 0. The quantitative estimate of drug-likeness (QED) is 0.861. The van der Waals surface area contributed by atoms with E-state index in [4.69, 9.17) is 11.6 Å². The highest BCUT2D eigenvalue weighted by Crippen LogP contribution is 2.53. The Morgan fingerprint density at radius 2 is 1.96 bits per heavy atom. The van der Waals surface area contributed by atoms with Crippen molar-refractivity contribution in [3.63, 3.8) is 0 Å². The van der Waals surface area contributed by atoms with Gasteiger partial charge in [-0.2, -0.15) is 0 Å². The summed E-state index contributed by atoms with van der Waals surface area (Å²) in [5.74, 6) is 1.66. The molecule has 0 N–H and O–H groups in total. The van der Waals surface area contributed by atoms with Crippen LogP contribution in [0.5, 0.6) is 0 Å². The molecule has 1 aromatic carbocycles. The molecule has 1 atom stereocenters. The predicted octanol–water partition coefficient (Wildman–Crippen LogP) is 3.63. The Kier molecular flexibility index (Phi) is 3.90. The van der Waals surface area contributed by atoms with Gasteiger partial charge < -0.3 is 4.57 Å². The normalized spacial score (nSPS) is 23.8. The van der Waals surface area contributed by atoms with E-state index in [1.807, 2.05) is 18.5 Å². The summed E-state index contributed by atoms with van der Waals surface area (Å²) in [6.07, 6.45) is 7.18. The second-order valence-corrected chi connectivity index (χ2v) is 7.65. The zero-order valence-corrected chi connectivity index (χ0v) is 14.3. The average molecular weight is 331 g/mol. The van der Waals surface area contributed by atoms with E-state index in [2.05, 4.69) is 38.8 Å². The van der Waals surface area contributed by atoms with Crippen LogP contribution in [0, 0.1) is 5.41 Å². The molecule has 2 aromatic rings. The van der Waals surface area contributed by atoms with Gasteiger partial charge in [0.25, 0.3) is 0 Å². The van der Waals surface area contributed by atoms with Gasteiger partial charge in [0.1, 0.15) is 12.2 Å². The second kappa shape index (κ2) is 5.91. The van der Waals surface area contributed by atoms with Crippen LogP contribution >= 0.6 is 11.6 Å². The monoisotopic (exact) mass is 330 g/mol. The van der Waals surface area contributed by atoms with Crippen LogP contribution in [0.4, 0.5) is 0 Å². The van der Waals surface area contributed by atoms with Crippen molar-refractivity contribution >= 4 is 11.6 Å². The Labute approximate surface area is 142 Å². The first kappa shape index (κ1) is 15.2. The van der Waals surface area contributed by atoms with Gasteiger partial charge in [0.15, 0.2) is 0 Å². The van der Waals surface area contributed by atoms with Crippen molar-refractivity contribution in [2.75, 3.05) is 13.1 Å². The molecule has 1 aliphatic heterocycles. The zero-order chi connectivity index (χ0) is 15.9. The highest BCUT2D eigenvalue weighted by atomic mass is 35.5. The molecule has 23 heavy (non-hydrogen) atoms. The summed E-state index contributed by atoms with van der Waals surface area (Å²) in [6, 6.07) is 8.25. The number of aryl methyl sites for hydroxylation is 1. The van der Waals surface area contributed by atoms with Crippen LogP contribution in [0.25, 0.3) is 0 Å². The summed E-state index contributed by atoms with van der Waals surface area (Å²) in [6.45, 7) is 3.25. The Morgan fingerprint density at radius 3 is 2.61 bits per heavy atom. The molecule has 2 aliphatic rings. The first-order chi connectivity index (χ1) is 11.2. The maximum atomic E-state index is 6.00. The molecule has 1 saturated carbocycles. The first-order valence-electron chi connectivity index (χ1n) is 8.47. The van der Waals surface area contributed by atoms with Crippen LogP contribution < -0.4 is 0 Å². The predicted molar refractivity (Wildman–Crippen MR) is 91.4 cm³/mol. The van der Waals surface area contributed by atoms with Gasteiger partial charge in [0.05, 0.1) is 0 Å². The van der Waals surface area contributed by atoms with Crippen molar-refractivity contribution in [2.24, 2.45) is 12.5 Å². The van der Waals surface area contributed by atoms with Crippen molar-refractivity contribution in [2.45, 2.75) is 38.1 Å². The fourth-order valence-corrected chi connectivity index (χ4v) is 4.72. The highest BCUT2D eigenvalue weighted by molar-refractivity contribution is 6.30. The molecule has 0 bridgehead atoms. The Hall–Kier alpha value is -1.39. The van der Waals surface area contributed by atoms with Crippen molar-refractivity contribution in [3.05, 3.63) is 47.0 Å². The molecule has 122 valence electrons. The summed E-state index contributed by atoms with van der Waals surface area (Å²) in [5, 5.41) is 9.36. The van der Waals surface area contributed by atoms with Gasteiger partial charge >= 0.3 is 0 Å². The summed E-state index contributed by atoms with van der Waals surface area (Å²) >= 11 is 6.00. The molecule has 1 aliphatic carbocycles. The van der Waals surface area contributed by atoms with Crippen LogP contribution in [-0.4, -0.2) is 32.8 Å². The standard InChI is InChI=1S/C18H23ClN4/c1-22-13-20-21-17(22)16-11-23(12-18(16)8-2-3-9-18)10-14-4-6-15(19)7-5-14/h4-7,13,16H,2-3,8-12H2,1H3. The maximum absolute atomic E-state index is 6.00. The minimum Gasteiger partial charge on any atom is -0.320 e. The van der Waals surface area contributed by atoms with Gasteiger partial charge in [-0.1, -0.05) is 36.6 Å². The van der Waals surface area contributed by atoms with Crippen LogP contribution in [0.1, 0.15) is 43.0 Å². The van der Waals surface area contributed by atoms with E-state index in [0.29, 0.717) is 11.3 Å². The number of nitrogens with zero attached hydrogens (tertiary/aromatic N) is 4. The van der Waals surface area contributed by atoms with Crippen molar-refractivity contribution in [3.8, 4) is 0 Å². The van der Waals surface area contributed by atoms with Gasteiger partial charge in [-0.05, 0) is 36.0 Å². The molecule has 0 amide bonds. The minimum atomic E-state index is 0.396. The molecule has 1 unspecified atom stereocenters. The summed E-state index contributed by atoms with van der Waals surface area (Å²) in [4.78, 5) is 2.59. The van der Waals surface area contributed by atoms with Gasteiger partial charge in [-0.3, -0.25) is 4.90 Å². The summed E-state index contributed by atoms with van der Waals surface area (Å²) in [7, 11) is 2.07. The lowest BCUT2D eigenvalue weighted by molar-refractivity contribution is 0.243. The van der Waals surface area contributed by atoms with E-state index < -0.39 is 0 Å². The Balaban J connectivity index is 1.57. The molecule has 1 saturated heterocycles. The van der Waals surface area contributed by atoms with Crippen LogP contribution in [0.2, 0.25) is 5.02 Å². The lowest BCUT2D eigenvalue weighted by Crippen LogP contribution is -2.27. The average Bonchev–Trinajstić information content (AvgIpc) is 3.24. The molecule has 2 heterocycles. The lowest BCUT2D eigenvalue weighted by atomic mass is 9.76. The van der Waals surface area contributed by atoms with Gasteiger partial charge in [0, 0.05) is 37.6 Å². The number of benzene rings is 1. The van der Waals surface area contributed by atoms with E-state index in [1.54, 1.807) is 0 Å². The summed E-state index contributed by atoms with van der Waals surface area (Å²) < 4.78 is 2.11. The number of likely N-dealkylation sites (tertiary alicyclic amines) is 1. The van der Waals surface area contributed by atoms with Gasteiger partial charge in [0.2, 0.25) is 0 Å². The number of aromatic nitrogens is 3. The molecule has 4 rings (SSSR count). The van der Waals surface area contributed by atoms with E-state index in [-0.39, 0.29) is 0 Å². The van der Waals surface area contributed by atoms with E-state index in [0.717, 1.165) is 23.9 Å².